The maximum absolute atomic E-state index is 12.4. The van der Waals surface area contributed by atoms with E-state index in [0.717, 1.165) is 44.2 Å². The van der Waals surface area contributed by atoms with E-state index in [2.05, 4.69) is 48.0 Å². The summed E-state index contributed by atoms with van der Waals surface area (Å²) in [7, 11) is 0. The van der Waals surface area contributed by atoms with Crippen LogP contribution in [0.5, 0.6) is 5.75 Å². The van der Waals surface area contributed by atoms with Gasteiger partial charge in [0.15, 0.2) is 0 Å². The van der Waals surface area contributed by atoms with E-state index in [-0.39, 0.29) is 11.3 Å². The molecule has 29 heavy (non-hydrogen) atoms. The Labute approximate surface area is 174 Å². The summed E-state index contributed by atoms with van der Waals surface area (Å²) in [6, 6.07) is 18.1. The van der Waals surface area contributed by atoms with Crippen LogP contribution in [0, 0.1) is 0 Å². The lowest BCUT2D eigenvalue weighted by atomic mass is 9.87. The Bertz CT molecular complexity index is 761. The van der Waals surface area contributed by atoms with Crippen molar-refractivity contribution < 1.29 is 9.53 Å². The second-order valence-corrected chi connectivity index (χ2v) is 8.65. The van der Waals surface area contributed by atoms with Gasteiger partial charge in [-0.25, -0.2) is 0 Å². The standard InChI is InChI=1S/C24H33N3O2/c1-24(2,3)20-9-11-21(12-10-20)25-23(28)19-27-15-13-26(14-16-27)17-18-29-22-7-5-4-6-8-22/h4-12H,13-19H2,1-3H3,(H,25,28). The van der Waals surface area contributed by atoms with Crippen molar-refractivity contribution in [2.24, 2.45) is 0 Å². The Hall–Kier alpha value is -2.37. The number of anilines is 1. The van der Waals surface area contributed by atoms with Gasteiger partial charge in [0.1, 0.15) is 12.4 Å². The summed E-state index contributed by atoms with van der Waals surface area (Å²) in [6.07, 6.45) is 0. The molecule has 0 atom stereocenters. The molecule has 0 bridgehead atoms. The first kappa shape index (κ1) is 21.3. The van der Waals surface area contributed by atoms with Gasteiger partial charge >= 0.3 is 0 Å². The van der Waals surface area contributed by atoms with Crippen LogP contribution in [0.25, 0.3) is 0 Å². The molecule has 1 aliphatic heterocycles. The first-order chi connectivity index (χ1) is 13.9. The maximum Gasteiger partial charge on any atom is 0.238 e. The van der Waals surface area contributed by atoms with Gasteiger partial charge in [-0.15, -0.1) is 0 Å². The van der Waals surface area contributed by atoms with Gasteiger partial charge in [0.25, 0.3) is 0 Å². The topological polar surface area (TPSA) is 44.8 Å². The Morgan fingerprint density at radius 1 is 0.931 bits per heavy atom. The number of benzene rings is 2. The second kappa shape index (κ2) is 9.90. The molecule has 0 unspecified atom stereocenters. The van der Waals surface area contributed by atoms with E-state index < -0.39 is 0 Å². The number of hydrogen-bond acceptors (Lipinski definition) is 4. The number of carbonyl (C=O) groups excluding carboxylic acids is 1. The van der Waals surface area contributed by atoms with Gasteiger partial charge in [-0.3, -0.25) is 14.6 Å². The molecular weight excluding hydrogens is 362 g/mol. The summed E-state index contributed by atoms with van der Waals surface area (Å²) in [5.74, 6) is 0.965. The second-order valence-electron chi connectivity index (χ2n) is 8.65. The number of hydrogen-bond donors (Lipinski definition) is 1. The van der Waals surface area contributed by atoms with Crippen LogP contribution in [-0.2, 0) is 10.2 Å². The molecule has 156 valence electrons. The molecule has 2 aromatic carbocycles. The molecule has 0 saturated carbocycles. The van der Waals surface area contributed by atoms with Crippen LogP contribution < -0.4 is 10.1 Å². The molecule has 0 radical (unpaired) electrons. The number of nitrogens with one attached hydrogen (secondary N) is 1. The van der Waals surface area contributed by atoms with Gasteiger partial charge in [-0.1, -0.05) is 51.1 Å². The highest BCUT2D eigenvalue weighted by Crippen LogP contribution is 2.23. The molecule has 0 spiro atoms. The molecule has 1 aliphatic rings. The van der Waals surface area contributed by atoms with Crippen molar-refractivity contribution in [3.8, 4) is 5.75 Å². The van der Waals surface area contributed by atoms with E-state index in [9.17, 15) is 4.79 Å². The van der Waals surface area contributed by atoms with E-state index in [1.165, 1.54) is 5.56 Å². The van der Waals surface area contributed by atoms with Crippen LogP contribution in [0.1, 0.15) is 26.3 Å². The minimum atomic E-state index is 0.0503. The summed E-state index contributed by atoms with van der Waals surface area (Å²) >= 11 is 0. The Balaban J connectivity index is 1.35. The monoisotopic (exact) mass is 395 g/mol. The normalized spacial score (nSPS) is 15.8. The summed E-state index contributed by atoms with van der Waals surface area (Å²) in [6.45, 7) is 12.3. The van der Waals surface area contributed by atoms with E-state index in [1.807, 2.05) is 42.5 Å². The Kier molecular flexibility index (Phi) is 7.29. The number of rotatable bonds is 7. The van der Waals surface area contributed by atoms with Gasteiger partial charge in [-0.05, 0) is 35.2 Å². The van der Waals surface area contributed by atoms with Crippen molar-refractivity contribution in [2.75, 3.05) is 51.2 Å². The molecule has 1 saturated heterocycles. The van der Waals surface area contributed by atoms with Crippen molar-refractivity contribution >= 4 is 11.6 Å². The molecule has 1 amide bonds. The quantitative estimate of drug-likeness (QED) is 0.778. The summed E-state index contributed by atoms with van der Waals surface area (Å²) in [4.78, 5) is 17.0. The number of amides is 1. The third-order valence-corrected chi connectivity index (χ3v) is 5.29. The fourth-order valence-electron chi connectivity index (χ4n) is 3.44. The summed E-state index contributed by atoms with van der Waals surface area (Å²) in [5.41, 5.74) is 2.25. The first-order valence-electron chi connectivity index (χ1n) is 10.4. The predicted molar refractivity (Wildman–Crippen MR) is 119 cm³/mol. The lowest BCUT2D eigenvalue weighted by Crippen LogP contribution is -2.49. The van der Waals surface area contributed by atoms with Crippen LogP contribution in [0.3, 0.4) is 0 Å². The highest BCUT2D eigenvalue weighted by molar-refractivity contribution is 5.92. The van der Waals surface area contributed by atoms with Crippen molar-refractivity contribution in [3.63, 3.8) is 0 Å². The van der Waals surface area contributed by atoms with Crippen molar-refractivity contribution in [1.29, 1.82) is 0 Å². The van der Waals surface area contributed by atoms with Gasteiger partial charge < -0.3 is 10.1 Å². The Morgan fingerprint density at radius 3 is 2.17 bits per heavy atom. The molecule has 0 aliphatic carbocycles. The smallest absolute Gasteiger partial charge is 0.238 e. The minimum Gasteiger partial charge on any atom is -0.492 e. The molecule has 5 heteroatoms. The predicted octanol–water partition coefficient (Wildman–Crippen LogP) is 3.62. The van der Waals surface area contributed by atoms with E-state index >= 15 is 0 Å². The molecule has 5 nitrogen and oxygen atoms in total. The number of nitrogens with zero attached hydrogens (tertiary/aromatic N) is 2. The molecular formula is C24H33N3O2. The number of carbonyl (C=O) groups is 1. The lowest BCUT2D eigenvalue weighted by Gasteiger charge is -2.34. The maximum atomic E-state index is 12.4. The first-order valence-corrected chi connectivity index (χ1v) is 10.4. The number of piperazine rings is 1. The fourth-order valence-corrected chi connectivity index (χ4v) is 3.44. The molecule has 0 aromatic heterocycles. The van der Waals surface area contributed by atoms with E-state index in [1.54, 1.807) is 0 Å². The highest BCUT2D eigenvalue weighted by Gasteiger charge is 2.19. The molecule has 1 fully saturated rings. The highest BCUT2D eigenvalue weighted by atomic mass is 16.5. The zero-order valence-electron chi connectivity index (χ0n) is 17.9. The zero-order valence-corrected chi connectivity index (χ0v) is 17.9. The third-order valence-electron chi connectivity index (χ3n) is 5.29. The lowest BCUT2D eigenvalue weighted by molar-refractivity contribution is -0.117. The Morgan fingerprint density at radius 2 is 1.55 bits per heavy atom. The van der Waals surface area contributed by atoms with E-state index in [4.69, 9.17) is 4.74 Å². The average Bonchev–Trinajstić information content (AvgIpc) is 2.70. The molecule has 1 N–H and O–H groups in total. The van der Waals surface area contributed by atoms with E-state index in [0.29, 0.717) is 13.2 Å². The largest absolute Gasteiger partial charge is 0.492 e. The van der Waals surface area contributed by atoms with Gasteiger partial charge in [0, 0.05) is 38.4 Å². The summed E-state index contributed by atoms with van der Waals surface area (Å²) in [5, 5.41) is 3.02. The van der Waals surface area contributed by atoms with Crippen LogP contribution >= 0.6 is 0 Å². The van der Waals surface area contributed by atoms with Crippen LogP contribution in [-0.4, -0.2) is 61.6 Å². The number of para-hydroxylation sites is 1. The van der Waals surface area contributed by atoms with Crippen LogP contribution in [0.2, 0.25) is 0 Å². The third kappa shape index (κ3) is 6.87. The van der Waals surface area contributed by atoms with Crippen LogP contribution in [0.15, 0.2) is 54.6 Å². The fraction of sp³-hybridized carbons (Fsp3) is 0.458. The van der Waals surface area contributed by atoms with Crippen molar-refractivity contribution in [1.82, 2.24) is 9.80 Å². The SMILES string of the molecule is CC(C)(C)c1ccc(NC(=O)CN2CCN(CCOc3ccccc3)CC2)cc1. The average molecular weight is 396 g/mol. The number of ether oxygens (including phenoxy) is 1. The zero-order chi connectivity index (χ0) is 20.7. The molecule has 2 aromatic rings. The van der Waals surface area contributed by atoms with Crippen LogP contribution in [0.4, 0.5) is 5.69 Å². The summed E-state index contributed by atoms with van der Waals surface area (Å²) < 4.78 is 5.78. The van der Waals surface area contributed by atoms with Gasteiger partial charge in [0.05, 0.1) is 6.54 Å². The van der Waals surface area contributed by atoms with Gasteiger partial charge in [0.2, 0.25) is 5.91 Å². The van der Waals surface area contributed by atoms with Gasteiger partial charge in [-0.2, -0.15) is 0 Å². The van der Waals surface area contributed by atoms with Crippen molar-refractivity contribution in [2.45, 2.75) is 26.2 Å². The molecule has 3 rings (SSSR count). The molecule has 1 heterocycles. The minimum absolute atomic E-state index is 0.0503. The van der Waals surface area contributed by atoms with Crippen molar-refractivity contribution in [3.05, 3.63) is 60.2 Å².